The van der Waals surface area contributed by atoms with Crippen molar-refractivity contribution in [2.45, 2.75) is 65.5 Å². The molecule has 2 aromatic rings. The van der Waals surface area contributed by atoms with Gasteiger partial charge in [0.1, 0.15) is 5.76 Å². The van der Waals surface area contributed by atoms with Crippen LogP contribution in [0, 0.1) is 6.92 Å². The van der Waals surface area contributed by atoms with Crippen molar-refractivity contribution in [1.29, 1.82) is 0 Å². The number of methoxy groups -OCH3 is 3. The molecule has 1 unspecified atom stereocenters. The van der Waals surface area contributed by atoms with Crippen molar-refractivity contribution in [2.75, 3.05) is 34.5 Å². The van der Waals surface area contributed by atoms with Gasteiger partial charge < -0.3 is 29.0 Å². The number of aryl methyl sites for hydroxylation is 1. The molecule has 39 heavy (non-hydrogen) atoms. The first kappa shape index (κ1) is 30.0. The lowest BCUT2D eigenvalue weighted by atomic mass is 9.84. The molecule has 0 spiro atoms. The molecule has 1 aliphatic rings. The van der Waals surface area contributed by atoms with E-state index in [0.29, 0.717) is 41.4 Å². The summed E-state index contributed by atoms with van der Waals surface area (Å²) in [7, 11) is 4.51. The second-order valence-corrected chi connectivity index (χ2v) is 11.0. The molecule has 0 radical (unpaired) electrons. The van der Waals surface area contributed by atoms with Gasteiger partial charge in [-0.3, -0.25) is 9.59 Å². The van der Waals surface area contributed by atoms with E-state index in [1.165, 1.54) is 26.2 Å². The second-order valence-electron chi connectivity index (χ2n) is 11.0. The van der Waals surface area contributed by atoms with Crippen molar-refractivity contribution in [3.05, 3.63) is 58.2 Å². The van der Waals surface area contributed by atoms with Gasteiger partial charge in [0.25, 0.3) is 11.7 Å². The molecular weight excluding hydrogens is 498 g/mol. The molecule has 8 nitrogen and oxygen atoms in total. The first-order valence-electron chi connectivity index (χ1n) is 13.2. The number of hydrogen-bond acceptors (Lipinski definition) is 7. The average molecular weight is 540 g/mol. The average Bonchev–Trinajstić information content (AvgIpc) is 3.14. The van der Waals surface area contributed by atoms with Gasteiger partial charge in [-0.15, -0.1) is 0 Å². The number of benzene rings is 2. The second kappa shape index (κ2) is 12.1. The summed E-state index contributed by atoms with van der Waals surface area (Å²) in [6.07, 6.45) is 0.564. The van der Waals surface area contributed by atoms with E-state index in [0.717, 1.165) is 11.1 Å². The van der Waals surface area contributed by atoms with Crippen LogP contribution >= 0.6 is 0 Å². The zero-order valence-electron chi connectivity index (χ0n) is 24.5. The van der Waals surface area contributed by atoms with Gasteiger partial charge >= 0.3 is 0 Å². The summed E-state index contributed by atoms with van der Waals surface area (Å²) in [5.41, 5.74) is 2.70. The highest BCUT2D eigenvalue weighted by Crippen LogP contribution is 2.46. The molecule has 1 atom stereocenters. The maximum absolute atomic E-state index is 13.6. The Morgan fingerprint density at radius 1 is 1.00 bits per heavy atom. The highest BCUT2D eigenvalue weighted by Gasteiger charge is 2.46. The Kier molecular flexibility index (Phi) is 9.33. The number of ketones is 1. The molecule has 0 saturated carbocycles. The van der Waals surface area contributed by atoms with Crippen LogP contribution in [0.1, 0.15) is 69.3 Å². The number of likely N-dealkylation sites (tertiary alicyclic amines) is 1. The van der Waals surface area contributed by atoms with Crippen LogP contribution in [-0.4, -0.2) is 62.3 Å². The number of ether oxygens (including phenoxy) is 4. The topological polar surface area (TPSA) is 94.5 Å². The predicted octanol–water partition coefficient (Wildman–Crippen LogP) is 5.56. The van der Waals surface area contributed by atoms with E-state index in [1.54, 1.807) is 12.1 Å². The fraction of sp³-hybridized carbons (Fsp3) is 0.484. The fourth-order valence-corrected chi connectivity index (χ4v) is 4.76. The molecule has 1 saturated heterocycles. The third-order valence-electron chi connectivity index (χ3n) is 6.90. The molecule has 2 aromatic carbocycles. The Balaban J connectivity index is 2.25. The summed E-state index contributed by atoms with van der Waals surface area (Å²) >= 11 is 0. The minimum Gasteiger partial charge on any atom is -0.507 e. The van der Waals surface area contributed by atoms with E-state index in [9.17, 15) is 14.7 Å². The minimum atomic E-state index is -0.865. The number of amides is 1. The van der Waals surface area contributed by atoms with Gasteiger partial charge in [0.15, 0.2) is 11.5 Å². The van der Waals surface area contributed by atoms with Gasteiger partial charge in [0.05, 0.1) is 39.0 Å². The van der Waals surface area contributed by atoms with Crippen molar-refractivity contribution in [3.8, 4) is 17.2 Å². The first-order valence-corrected chi connectivity index (χ1v) is 13.2. The molecule has 1 heterocycles. The minimum absolute atomic E-state index is 0.0215. The molecule has 8 heteroatoms. The molecule has 1 fully saturated rings. The highest BCUT2D eigenvalue weighted by atomic mass is 16.5. The molecule has 0 aromatic heterocycles. The van der Waals surface area contributed by atoms with Crippen LogP contribution < -0.4 is 14.2 Å². The number of Topliss-reactive ketones (excluding diaryl/α,β-unsaturated/α-hetero) is 1. The molecule has 0 bridgehead atoms. The summed E-state index contributed by atoms with van der Waals surface area (Å²) < 4.78 is 22.3. The van der Waals surface area contributed by atoms with Crippen LogP contribution in [0.2, 0.25) is 0 Å². The molecular formula is C31H41NO7. The van der Waals surface area contributed by atoms with Gasteiger partial charge in [0, 0.05) is 18.7 Å². The van der Waals surface area contributed by atoms with Crippen LogP contribution in [0.4, 0.5) is 0 Å². The summed E-state index contributed by atoms with van der Waals surface area (Å²) in [5, 5.41) is 11.7. The third-order valence-corrected chi connectivity index (χ3v) is 6.90. The largest absolute Gasteiger partial charge is 0.507 e. The summed E-state index contributed by atoms with van der Waals surface area (Å²) in [6, 6.07) is 8.37. The number of rotatable bonds is 10. The molecule has 1 amide bonds. The standard InChI is InChI=1S/C31H41NO7/c1-18(2)39-14-10-13-32-26(20-15-23(36-7)29(38-9)24(16-20)37-8)25(28(34)30(32)35)27(33)22-17-21(31(4,5)6)12-11-19(22)3/h11-12,15-18,26,33H,10,13-14H2,1-9H3/b27-25+. The van der Waals surface area contributed by atoms with Crippen molar-refractivity contribution in [2.24, 2.45) is 0 Å². The Morgan fingerprint density at radius 2 is 1.62 bits per heavy atom. The molecule has 1 N–H and O–H groups in total. The van der Waals surface area contributed by atoms with Crippen molar-refractivity contribution in [3.63, 3.8) is 0 Å². The van der Waals surface area contributed by atoms with Crippen LogP contribution in [0.15, 0.2) is 35.9 Å². The number of carbonyl (C=O) groups excluding carboxylic acids is 2. The number of aliphatic hydroxyl groups excluding tert-OH is 1. The lowest BCUT2D eigenvalue weighted by molar-refractivity contribution is -0.140. The zero-order valence-corrected chi connectivity index (χ0v) is 24.5. The molecule has 1 aliphatic heterocycles. The van der Waals surface area contributed by atoms with Gasteiger partial charge in [-0.1, -0.05) is 32.9 Å². The SMILES string of the molecule is COc1cc(C2/C(=C(\O)c3cc(C(C)(C)C)ccc3C)C(=O)C(=O)N2CCCOC(C)C)cc(OC)c1OC. The van der Waals surface area contributed by atoms with Crippen molar-refractivity contribution in [1.82, 2.24) is 4.90 Å². The summed E-state index contributed by atoms with van der Waals surface area (Å²) in [4.78, 5) is 28.4. The van der Waals surface area contributed by atoms with E-state index < -0.39 is 17.7 Å². The predicted molar refractivity (Wildman–Crippen MR) is 151 cm³/mol. The van der Waals surface area contributed by atoms with E-state index in [2.05, 4.69) is 20.8 Å². The highest BCUT2D eigenvalue weighted by molar-refractivity contribution is 6.46. The maximum Gasteiger partial charge on any atom is 0.295 e. The van der Waals surface area contributed by atoms with Crippen molar-refractivity contribution >= 4 is 17.4 Å². The van der Waals surface area contributed by atoms with E-state index >= 15 is 0 Å². The normalized spacial score (nSPS) is 17.2. The zero-order chi connectivity index (χ0) is 29.1. The van der Waals surface area contributed by atoms with Gasteiger partial charge in [0.2, 0.25) is 5.75 Å². The number of carbonyl (C=O) groups is 2. The van der Waals surface area contributed by atoms with E-state index in [4.69, 9.17) is 18.9 Å². The Labute approximate surface area is 231 Å². The van der Waals surface area contributed by atoms with Crippen LogP contribution in [-0.2, 0) is 19.7 Å². The molecule has 0 aliphatic carbocycles. The van der Waals surface area contributed by atoms with Crippen LogP contribution in [0.5, 0.6) is 17.2 Å². The quantitative estimate of drug-likeness (QED) is 0.183. The fourth-order valence-electron chi connectivity index (χ4n) is 4.76. The molecule has 212 valence electrons. The van der Waals surface area contributed by atoms with Crippen LogP contribution in [0.25, 0.3) is 5.76 Å². The van der Waals surface area contributed by atoms with Gasteiger partial charge in [-0.2, -0.15) is 0 Å². The summed E-state index contributed by atoms with van der Waals surface area (Å²) in [5.74, 6) is -0.476. The van der Waals surface area contributed by atoms with Gasteiger partial charge in [-0.05, 0) is 67.5 Å². The Morgan fingerprint density at radius 3 is 2.13 bits per heavy atom. The van der Waals surface area contributed by atoms with E-state index in [1.807, 2.05) is 39.0 Å². The first-order chi connectivity index (χ1) is 18.3. The third kappa shape index (κ3) is 6.22. The maximum atomic E-state index is 13.6. The number of nitrogens with zero attached hydrogens (tertiary/aromatic N) is 1. The number of aliphatic hydroxyl groups is 1. The lowest BCUT2D eigenvalue weighted by Crippen LogP contribution is -2.31. The van der Waals surface area contributed by atoms with Gasteiger partial charge in [-0.25, -0.2) is 0 Å². The molecule has 3 rings (SSSR count). The van der Waals surface area contributed by atoms with Crippen molar-refractivity contribution < 1.29 is 33.6 Å². The number of hydrogen-bond donors (Lipinski definition) is 1. The monoisotopic (exact) mass is 539 g/mol. The smallest absolute Gasteiger partial charge is 0.295 e. The Hall–Kier alpha value is -3.52. The summed E-state index contributed by atoms with van der Waals surface area (Å²) in [6.45, 7) is 12.7. The lowest BCUT2D eigenvalue weighted by Gasteiger charge is -2.27. The van der Waals surface area contributed by atoms with E-state index in [-0.39, 0.29) is 29.4 Å². The Bertz CT molecular complexity index is 1230. The van der Waals surface area contributed by atoms with Crippen LogP contribution in [0.3, 0.4) is 0 Å².